The summed E-state index contributed by atoms with van der Waals surface area (Å²) in [5.74, 6) is -5.94. The van der Waals surface area contributed by atoms with Gasteiger partial charge in [0.2, 0.25) is 5.43 Å². The molecule has 2 heterocycles. The van der Waals surface area contributed by atoms with Gasteiger partial charge in [-0.2, -0.15) is 0 Å². The predicted molar refractivity (Wildman–Crippen MR) is 135 cm³/mol. The molecule has 6 nitrogen and oxygen atoms in total. The molecule has 3 fully saturated rings. The van der Waals surface area contributed by atoms with Crippen molar-refractivity contribution in [2.75, 3.05) is 19.0 Å². The summed E-state index contributed by atoms with van der Waals surface area (Å²) in [6.45, 7) is 1.76. The number of pyridine rings is 2. The number of hydrogen-bond acceptors (Lipinski definition) is 4. The van der Waals surface area contributed by atoms with Crippen molar-refractivity contribution in [3.63, 3.8) is 0 Å². The largest absolute Gasteiger partial charge is 0.363 e. The number of carbonyl (C=O) groups is 1. The molecule has 3 aromatic rings. The highest BCUT2D eigenvalue weighted by Crippen LogP contribution is 2.66. The van der Waals surface area contributed by atoms with Crippen molar-refractivity contribution in [3.05, 3.63) is 63.9 Å². The highest BCUT2D eigenvalue weighted by molar-refractivity contribution is 5.97. The summed E-state index contributed by atoms with van der Waals surface area (Å²) in [7, 11) is 3.51. The number of rotatable bonds is 4. The van der Waals surface area contributed by atoms with E-state index < -0.39 is 46.3 Å². The van der Waals surface area contributed by atoms with Crippen LogP contribution in [0.3, 0.4) is 0 Å². The number of benzene rings is 1. The molecule has 1 amide bonds. The first-order valence-corrected chi connectivity index (χ1v) is 12.8. The lowest BCUT2D eigenvalue weighted by atomic mass is 9.61. The molecule has 3 saturated carbocycles. The lowest BCUT2D eigenvalue weighted by Crippen LogP contribution is -2.55. The summed E-state index contributed by atoms with van der Waals surface area (Å²) >= 11 is 0. The molecule has 1 N–H and O–H groups in total. The topological polar surface area (TPSA) is 67.2 Å². The third kappa shape index (κ3) is 3.71. The fourth-order valence-corrected chi connectivity index (χ4v) is 6.96. The van der Waals surface area contributed by atoms with E-state index in [0.717, 1.165) is 6.07 Å². The van der Waals surface area contributed by atoms with Crippen LogP contribution >= 0.6 is 0 Å². The van der Waals surface area contributed by atoms with Crippen molar-refractivity contribution < 1.29 is 22.4 Å². The molecule has 1 aromatic carbocycles. The minimum absolute atomic E-state index is 0.0231. The quantitative estimate of drug-likeness (QED) is 0.489. The zero-order chi connectivity index (χ0) is 27.1. The maximum Gasteiger partial charge on any atom is 0.257 e. The Kier molecular flexibility index (Phi) is 5.42. The van der Waals surface area contributed by atoms with E-state index in [1.807, 2.05) is 0 Å². The molecule has 38 heavy (non-hydrogen) atoms. The Balaban J connectivity index is 1.43. The molecule has 3 aliphatic rings. The fourth-order valence-electron chi connectivity index (χ4n) is 6.96. The van der Waals surface area contributed by atoms with Gasteiger partial charge in [-0.05, 0) is 68.7 Å². The van der Waals surface area contributed by atoms with Gasteiger partial charge in [0.05, 0.1) is 11.1 Å². The molecule has 3 aliphatic carbocycles. The standard InChI is InChI=1S/C28H28F4N4O2/c1-27(11-14-8-20-18(14)9-15(12-27)28(20,31)32)34-26(38)19-13-36(22-6-4-16(29)10-21(22)30)25-17(24(19)37)5-7-23(33-25)35(2)3/h4-7,10,13-15,18,20H,8-9,11-12H2,1-3H3,(H,34,38). The summed E-state index contributed by atoms with van der Waals surface area (Å²) in [6, 6.07) is 6.11. The maximum atomic E-state index is 14.9. The van der Waals surface area contributed by atoms with Crippen LogP contribution in [0.25, 0.3) is 16.7 Å². The van der Waals surface area contributed by atoms with Crippen LogP contribution in [0.4, 0.5) is 23.4 Å². The summed E-state index contributed by atoms with van der Waals surface area (Å²) in [6.07, 6.45) is 2.79. The normalized spacial score (nSPS) is 29.0. The van der Waals surface area contributed by atoms with Crippen LogP contribution < -0.4 is 15.6 Å². The van der Waals surface area contributed by atoms with Gasteiger partial charge in [0.15, 0.2) is 5.65 Å². The molecule has 2 bridgehead atoms. The van der Waals surface area contributed by atoms with Gasteiger partial charge in [-0.15, -0.1) is 0 Å². The van der Waals surface area contributed by atoms with Gasteiger partial charge in [-0.1, -0.05) is 0 Å². The Morgan fingerprint density at radius 1 is 1.13 bits per heavy atom. The first-order chi connectivity index (χ1) is 17.9. The number of aromatic nitrogens is 2. The van der Waals surface area contributed by atoms with Crippen LogP contribution in [-0.2, 0) is 0 Å². The third-order valence-corrected chi connectivity index (χ3v) is 8.81. The molecule has 0 saturated heterocycles. The molecule has 0 spiro atoms. The van der Waals surface area contributed by atoms with Crippen LogP contribution in [0.2, 0.25) is 0 Å². The monoisotopic (exact) mass is 528 g/mol. The maximum absolute atomic E-state index is 14.9. The number of carbonyl (C=O) groups excluding carboxylic acids is 1. The number of halogens is 4. The van der Waals surface area contributed by atoms with E-state index in [1.165, 1.54) is 22.9 Å². The number of nitrogens with one attached hydrogen (secondary N) is 1. The third-order valence-electron chi connectivity index (χ3n) is 8.81. The minimum atomic E-state index is -2.75. The SMILES string of the molecule is CN(C)c1ccc2c(=O)c(C(=O)NC3(C)CC4CC5C4CC(C3)C5(F)F)cn(-c3ccc(F)cc3F)c2n1. The highest BCUT2D eigenvalue weighted by Gasteiger charge is 2.67. The summed E-state index contributed by atoms with van der Waals surface area (Å²) in [4.78, 5) is 33.3. The lowest BCUT2D eigenvalue weighted by molar-refractivity contribution is -0.139. The second-order valence-electron chi connectivity index (χ2n) is 11.6. The average molecular weight is 529 g/mol. The zero-order valence-corrected chi connectivity index (χ0v) is 21.3. The van der Waals surface area contributed by atoms with Gasteiger partial charge in [0.25, 0.3) is 11.8 Å². The summed E-state index contributed by atoms with van der Waals surface area (Å²) in [5.41, 5.74) is -1.79. The first-order valence-electron chi connectivity index (χ1n) is 12.8. The van der Waals surface area contributed by atoms with E-state index in [2.05, 4.69) is 10.3 Å². The van der Waals surface area contributed by atoms with Gasteiger partial charge in [0.1, 0.15) is 23.0 Å². The van der Waals surface area contributed by atoms with Crippen molar-refractivity contribution in [1.82, 2.24) is 14.9 Å². The number of alkyl halides is 2. The zero-order valence-electron chi connectivity index (χ0n) is 21.3. The minimum Gasteiger partial charge on any atom is -0.363 e. The Hall–Kier alpha value is -3.43. The van der Waals surface area contributed by atoms with Crippen LogP contribution in [0, 0.1) is 35.3 Å². The average Bonchev–Trinajstić information content (AvgIpc) is 2.95. The molecular formula is C28H28F4N4O2. The molecule has 10 heteroatoms. The van der Waals surface area contributed by atoms with Crippen molar-refractivity contribution in [2.45, 2.75) is 44.1 Å². The Morgan fingerprint density at radius 2 is 1.89 bits per heavy atom. The van der Waals surface area contributed by atoms with E-state index in [0.29, 0.717) is 31.1 Å². The van der Waals surface area contributed by atoms with Gasteiger partial charge < -0.3 is 10.2 Å². The van der Waals surface area contributed by atoms with Crippen LogP contribution in [-0.4, -0.2) is 41.0 Å². The molecule has 0 radical (unpaired) electrons. The molecule has 200 valence electrons. The van der Waals surface area contributed by atoms with Gasteiger partial charge in [-0.3, -0.25) is 14.2 Å². The molecule has 5 atom stereocenters. The van der Waals surface area contributed by atoms with E-state index in [-0.39, 0.29) is 40.5 Å². The molecule has 0 aliphatic heterocycles. The number of fused-ring (bicyclic) bond motifs is 2. The highest BCUT2D eigenvalue weighted by atomic mass is 19.3. The Bertz CT molecular complexity index is 1540. The summed E-state index contributed by atoms with van der Waals surface area (Å²) < 4.78 is 59.6. The van der Waals surface area contributed by atoms with E-state index in [9.17, 15) is 27.2 Å². The molecule has 6 rings (SSSR count). The number of amides is 1. The van der Waals surface area contributed by atoms with Gasteiger partial charge in [-0.25, -0.2) is 22.5 Å². The Labute approximate surface area is 216 Å². The van der Waals surface area contributed by atoms with Crippen LogP contribution in [0.5, 0.6) is 0 Å². The lowest BCUT2D eigenvalue weighted by Gasteiger charge is -2.48. The first kappa shape index (κ1) is 24.9. The number of nitrogens with zero attached hydrogens (tertiary/aromatic N) is 3. The van der Waals surface area contributed by atoms with Crippen molar-refractivity contribution >= 4 is 22.8 Å². The second-order valence-corrected chi connectivity index (χ2v) is 11.6. The van der Waals surface area contributed by atoms with E-state index in [4.69, 9.17) is 0 Å². The van der Waals surface area contributed by atoms with E-state index >= 15 is 0 Å². The Morgan fingerprint density at radius 3 is 2.61 bits per heavy atom. The van der Waals surface area contributed by atoms with Crippen LogP contribution in [0.1, 0.15) is 43.0 Å². The molecule has 5 unspecified atom stereocenters. The van der Waals surface area contributed by atoms with Gasteiger partial charge in [0, 0.05) is 43.7 Å². The predicted octanol–water partition coefficient (Wildman–Crippen LogP) is 4.92. The van der Waals surface area contributed by atoms with E-state index in [1.54, 1.807) is 32.0 Å². The second kappa shape index (κ2) is 8.28. The van der Waals surface area contributed by atoms with Crippen molar-refractivity contribution in [2.24, 2.45) is 23.7 Å². The molecule has 2 aromatic heterocycles. The van der Waals surface area contributed by atoms with Crippen molar-refractivity contribution in [1.29, 1.82) is 0 Å². The number of hydrogen-bond donors (Lipinski definition) is 1. The fraction of sp³-hybridized carbons (Fsp3) is 0.464. The van der Waals surface area contributed by atoms with Crippen molar-refractivity contribution in [3.8, 4) is 5.69 Å². The number of anilines is 1. The summed E-state index contributed by atoms with van der Waals surface area (Å²) in [5, 5.41) is 2.97. The smallest absolute Gasteiger partial charge is 0.257 e. The van der Waals surface area contributed by atoms with Crippen LogP contribution in [0.15, 0.2) is 41.3 Å². The van der Waals surface area contributed by atoms with Gasteiger partial charge >= 0.3 is 0 Å². The molecular weight excluding hydrogens is 500 g/mol.